The Morgan fingerprint density at radius 1 is 1.13 bits per heavy atom. The highest BCUT2D eigenvalue weighted by molar-refractivity contribution is 7.99. The Kier molecular flexibility index (Phi) is 8.46. The first kappa shape index (κ1) is 22.5. The molecule has 1 atom stereocenters. The number of amides is 1. The van der Waals surface area contributed by atoms with Crippen molar-refractivity contribution < 1.29 is 9.21 Å². The molecule has 1 heterocycles. The highest BCUT2D eigenvalue weighted by Gasteiger charge is 2.13. The number of thioether (sulfide) groups is 2. The number of nitrogens with zero attached hydrogens (tertiary/aromatic N) is 1. The van der Waals surface area contributed by atoms with Crippen molar-refractivity contribution >= 4 is 29.4 Å². The van der Waals surface area contributed by atoms with Gasteiger partial charge in [0, 0.05) is 22.3 Å². The number of aromatic nitrogens is 1. The average Bonchev–Trinajstić information content (AvgIpc) is 3.13. The van der Waals surface area contributed by atoms with Gasteiger partial charge in [-0.1, -0.05) is 30.3 Å². The summed E-state index contributed by atoms with van der Waals surface area (Å²) >= 11 is 3.27. The van der Waals surface area contributed by atoms with Crippen LogP contribution in [0.1, 0.15) is 30.4 Å². The zero-order valence-corrected chi connectivity index (χ0v) is 19.3. The molecule has 0 saturated heterocycles. The second-order valence-corrected chi connectivity index (χ2v) is 9.10. The van der Waals surface area contributed by atoms with Crippen LogP contribution in [0.3, 0.4) is 0 Å². The summed E-state index contributed by atoms with van der Waals surface area (Å²) < 4.78 is 5.84. The molecule has 1 aromatic heterocycles. The summed E-state index contributed by atoms with van der Waals surface area (Å²) in [6.07, 6.45) is 3.95. The fourth-order valence-electron chi connectivity index (χ4n) is 3.08. The van der Waals surface area contributed by atoms with Crippen LogP contribution in [0.15, 0.2) is 63.9 Å². The van der Waals surface area contributed by atoms with Gasteiger partial charge in [-0.25, -0.2) is 4.98 Å². The van der Waals surface area contributed by atoms with Crippen molar-refractivity contribution in [3.63, 3.8) is 0 Å². The van der Waals surface area contributed by atoms with Crippen molar-refractivity contribution in [2.24, 2.45) is 0 Å². The number of carbonyl (C=O) groups excluding carboxylic acids is 1. The summed E-state index contributed by atoms with van der Waals surface area (Å²) in [6, 6.07) is 18.7. The first-order valence-corrected chi connectivity index (χ1v) is 12.4. The molecule has 0 aliphatic rings. The van der Waals surface area contributed by atoms with Gasteiger partial charge in [0.1, 0.15) is 5.76 Å². The van der Waals surface area contributed by atoms with E-state index in [4.69, 9.17) is 4.42 Å². The first-order valence-electron chi connectivity index (χ1n) is 10.1. The minimum atomic E-state index is 0.0644. The molecule has 0 aliphatic carbocycles. The fourth-order valence-corrected chi connectivity index (χ4v) is 4.32. The molecule has 158 valence electrons. The Hall–Kier alpha value is -2.18. The van der Waals surface area contributed by atoms with E-state index in [1.165, 1.54) is 10.5 Å². The van der Waals surface area contributed by atoms with Crippen molar-refractivity contribution in [3.05, 3.63) is 71.6 Å². The van der Waals surface area contributed by atoms with Gasteiger partial charge in [-0.2, -0.15) is 0 Å². The number of hydrogen-bond donors (Lipinski definition) is 1. The predicted molar refractivity (Wildman–Crippen MR) is 127 cm³/mol. The van der Waals surface area contributed by atoms with Gasteiger partial charge in [-0.3, -0.25) is 4.79 Å². The molecule has 3 rings (SSSR count). The Balaban J connectivity index is 1.43. The third kappa shape index (κ3) is 6.67. The van der Waals surface area contributed by atoms with Crippen molar-refractivity contribution in [2.45, 2.75) is 43.4 Å². The maximum Gasteiger partial charge on any atom is 0.230 e. The van der Waals surface area contributed by atoms with E-state index in [9.17, 15) is 4.79 Å². The van der Waals surface area contributed by atoms with E-state index in [2.05, 4.69) is 47.7 Å². The lowest BCUT2D eigenvalue weighted by atomic mass is 10.1. The van der Waals surface area contributed by atoms with E-state index >= 15 is 0 Å². The molecule has 6 heteroatoms. The summed E-state index contributed by atoms with van der Waals surface area (Å²) in [5, 5.41) is 3.09. The molecule has 0 unspecified atom stereocenters. The second kappa shape index (κ2) is 11.3. The SMILES string of the molecule is CSc1ccc(-c2nc(CSCC(=O)N[C@@H](C)CCc3ccccc3)c(C)o2)cc1. The van der Waals surface area contributed by atoms with Crippen LogP contribution in [0, 0.1) is 6.92 Å². The molecule has 2 aromatic carbocycles. The molecule has 1 amide bonds. The lowest BCUT2D eigenvalue weighted by molar-refractivity contribution is -0.119. The Bertz CT molecular complexity index is 940. The largest absolute Gasteiger partial charge is 0.441 e. The first-order chi connectivity index (χ1) is 14.5. The number of rotatable bonds is 10. The van der Waals surface area contributed by atoms with Gasteiger partial charge < -0.3 is 9.73 Å². The molecule has 0 saturated carbocycles. The summed E-state index contributed by atoms with van der Waals surface area (Å²) in [5.74, 6) is 2.58. The zero-order chi connectivity index (χ0) is 21.3. The van der Waals surface area contributed by atoms with E-state index in [-0.39, 0.29) is 11.9 Å². The molecular formula is C24H28N2O2S2. The third-order valence-electron chi connectivity index (χ3n) is 4.82. The van der Waals surface area contributed by atoms with E-state index in [1.54, 1.807) is 23.5 Å². The van der Waals surface area contributed by atoms with Crippen molar-refractivity contribution in [3.8, 4) is 11.5 Å². The van der Waals surface area contributed by atoms with Gasteiger partial charge in [0.2, 0.25) is 11.8 Å². The van der Waals surface area contributed by atoms with Crippen LogP contribution in [0.2, 0.25) is 0 Å². The number of nitrogens with one attached hydrogen (secondary N) is 1. The summed E-state index contributed by atoms with van der Waals surface area (Å²) in [7, 11) is 0. The fraction of sp³-hybridized carbons (Fsp3) is 0.333. The van der Waals surface area contributed by atoms with E-state index in [1.807, 2.05) is 37.3 Å². The van der Waals surface area contributed by atoms with E-state index in [0.29, 0.717) is 17.4 Å². The molecule has 4 nitrogen and oxygen atoms in total. The monoisotopic (exact) mass is 440 g/mol. The van der Waals surface area contributed by atoms with Crippen molar-refractivity contribution in [1.82, 2.24) is 10.3 Å². The standard InChI is InChI=1S/C24H28N2O2S2/c1-17(9-10-19-7-5-4-6-8-19)25-23(27)16-30-15-22-18(2)28-24(26-22)20-11-13-21(29-3)14-12-20/h4-8,11-14,17H,9-10,15-16H2,1-3H3,(H,25,27)/t17-/m0/s1. The normalized spacial score (nSPS) is 12.0. The Labute approximate surface area is 187 Å². The van der Waals surface area contributed by atoms with Crippen LogP contribution in [-0.4, -0.2) is 28.9 Å². The van der Waals surface area contributed by atoms with Gasteiger partial charge in [-0.15, -0.1) is 23.5 Å². The van der Waals surface area contributed by atoms with Crippen LogP contribution in [0.4, 0.5) is 0 Å². The van der Waals surface area contributed by atoms with Crippen LogP contribution >= 0.6 is 23.5 Å². The predicted octanol–water partition coefficient (Wildman–Crippen LogP) is 5.74. The highest BCUT2D eigenvalue weighted by Crippen LogP contribution is 2.26. The quantitative estimate of drug-likeness (QED) is 0.407. The molecule has 0 fully saturated rings. The smallest absolute Gasteiger partial charge is 0.230 e. The molecule has 30 heavy (non-hydrogen) atoms. The van der Waals surface area contributed by atoms with Crippen molar-refractivity contribution in [2.75, 3.05) is 12.0 Å². The molecule has 0 bridgehead atoms. The Morgan fingerprint density at radius 3 is 2.57 bits per heavy atom. The van der Waals surface area contributed by atoms with Crippen LogP contribution < -0.4 is 5.32 Å². The zero-order valence-electron chi connectivity index (χ0n) is 17.7. The van der Waals surface area contributed by atoms with Gasteiger partial charge in [-0.05, 0) is 62.8 Å². The minimum Gasteiger partial charge on any atom is -0.441 e. The number of oxazole rings is 1. The second-order valence-electron chi connectivity index (χ2n) is 7.24. The number of benzene rings is 2. The molecule has 3 aromatic rings. The van der Waals surface area contributed by atoms with E-state index < -0.39 is 0 Å². The number of carbonyl (C=O) groups is 1. The van der Waals surface area contributed by atoms with Gasteiger partial charge >= 0.3 is 0 Å². The van der Waals surface area contributed by atoms with Crippen LogP contribution in [-0.2, 0) is 17.0 Å². The number of aryl methyl sites for hydroxylation is 2. The van der Waals surface area contributed by atoms with Gasteiger partial charge in [0.15, 0.2) is 0 Å². The van der Waals surface area contributed by atoms with Gasteiger partial charge in [0.25, 0.3) is 0 Å². The third-order valence-corrected chi connectivity index (χ3v) is 6.51. The highest BCUT2D eigenvalue weighted by atomic mass is 32.2. The maximum absolute atomic E-state index is 12.2. The molecule has 0 radical (unpaired) electrons. The van der Waals surface area contributed by atoms with Gasteiger partial charge in [0.05, 0.1) is 11.4 Å². The molecule has 0 spiro atoms. The maximum atomic E-state index is 12.2. The van der Waals surface area contributed by atoms with Crippen molar-refractivity contribution in [1.29, 1.82) is 0 Å². The number of hydrogen-bond acceptors (Lipinski definition) is 5. The summed E-state index contributed by atoms with van der Waals surface area (Å²) in [4.78, 5) is 18.1. The van der Waals surface area contributed by atoms with E-state index in [0.717, 1.165) is 29.9 Å². The minimum absolute atomic E-state index is 0.0644. The van der Waals surface area contributed by atoms with Crippen LogP contribution in [0.5, 0.6) is 0 Å². The average molecular weight is 441 g/mol. The lowest BCUT2D eigenvalue weighted by Gasteiger charge is -2.13. The molecule has 1 N–H and O–H groups in total. The summed E-state index contributed by atoms with van der Waals surface area (Å²) in [5.41, 5.74) is 3.17. The van der Waals surface area contributed by atoms with Crippen LogP contribution in [0.25, 0.3) is 11.5 Å². The summed E-state index contributed by atoms with van der Waals surface area (Å²) in [6.45, 7) is 3.98. The lowest BCUT2D eigenvalue weighted by Crippen LogP contribution is -2.34. The molecular weight excluding hydrogens is 412 g/mol. The molecule has 0 aliphatic heterocycles. The Morgan fingerprint density at radius 2 is 1.87 bits per heavy atom. The topological polar surface area (TPSA) is 55.1 Å².